The van der Waals surface area contributed by atoms with Gasteiger partial charge in [-0.3, -0.25) is 14.5 Å². The molecule has 11 heteroatoms. The number of carbonyl (C=O) groups excluding carboxylic acids is 2. The highest BCUT2D eigenvalue weighted by Gasteiger charge is 2.64. The number of carbonyl (C=O) groups is 2. The van der Waals surface area contributed by atoms with E-state index in [0.29, 0.717) is 39.0 Å². The minimum atomic E-state index is -1.53. The van der Waals surface area contributed by atoms with E-state index in [-0.39, 0.29) is 29.5 Å². The Morgan fingerprint density at radius 1 is 1.05 bits per heavy atom. The van der Waals surface area contributed by atoms with E-state index in [4.69, 9.17) is 26.1 Å². The van der Waals surface area contributed by atoms with Gasteiger partial charge >= 0.3 is 6.01 Å². The lowest BCUT2D eigenvalue weighted by atomic mass is 9.86. The van der Waals surface area contributed by atoms with Crippen molar-refractivity contribution in [1.29, 1.82) is 0 Å². The van der Waals surface area contributed by atoms with Gasteiger partial charge in [-0.1, -0.05) is 29.8 Å². The van der Waals surface area contributed by atoms with Gasteiger partial charge in [-0.15, -0.1) is 0 Å². The molecule has 0 aliphatic carbocycles. The molecule has 0 fully saturated rings. The van der Waals surface area contributed by atoms with Gasteiger partial charge in [0.05, 0.1) is 25.5 Å². The average molecular weight is 545 g/mol. The summed E-state index contributed by atoms with van der Waals surface area (Å²) in [6, 6.07) is 12.5. The van der Waals surface area contributed by atoms with Gasteiger partial charge in [0.1, 0.15) is 5.82 Å². The molecule has 2 aliphatic rings. The van der Waals surface area contributed by atoms with Gasteiger partial charge in [0.15, 0.2) is 11.2 Å². The predicted molar refractivity (Wildman–Crippen MR) is 146 cm³/mol. The minimum absolute atomic E-state index is 0.130. The molecule has 4 aromatic rings. The van der Waals surface area contributed by atoms with Crippen LogP contribution in [0.5, 0.6) is 11.9 Å². The molecule has 39 heavy (non-hydrogen) atoms. The summed E-state index contributed by atoms with van der Waals surface area (Å²) in [7, 11) is 2.95. The second-order valence-corrected chi connectivity index (χ2v) is 10.1. The summed E-state index contributed by atoms with van der Waals surface area (Å²) in [4.78, 5) is 43.4. The van der Waals surface area contributed by atoms with Gasteiger partial charge < -0.3 is 19.4 Å². The topological polar surface area (TPSA) is 111 Å². The number of fused-ring (bicyclic) bond motifs is 4. The van der Waals surface area contributed by atoms with E-state index in [9.17, 15) is 9.59 Å². The monoisotopic (exact) mass is 544 g/mol. The Kier molecular flexibility index (Phi) is 5.62. The van der Waals surface area contributed by atoms with E-state index in [1.807, 2.05) is 43.5 Å². The van der Waals surface area contributed by atoms with E-state index >= 15 is 0 Å². The fourth-order valence-corrected chi connectivity index (χ4v) is 5.72. The largest absolute Gasteiger partial charge is 0.480 e. The zero-order chi connectivity index (χ0) is 27.6. The van der Waals surface area contributed by atoms with Gasteiger partial charge in [0.2, 0.25) is 5.88 Å². The van der Waals surface area contributed by atoms with Crippen molar-refractivity contribution in [1.82, 2.24) is 19.5 Å². The van der Waals surface area contributed by atoms with Crippen molar-refractivity contribution in [2.45, 2.75) is 32.4 Å². The lowest BCUT2D eigenvalue weighted by molar-refractivity contribution is -0.119. The number of aromatic nitrogens is 4. The molecule has 2 amide bonds. The van der Waals surface area contributed by atoms with E-state index in [2.05, 4.69) is 15.3 Å². The highest BCUT2D eigenvalue weighted by molar-refractivity contribution is 6.31. The molecular formula is C28H25ClN6O4. The molecular weight excluding hydrogens is 520 g/mol. The lowest BCUT2D eigenvalue weighted by Crippen LogP contribution is -2.51. The normalized spacial score (nSPS) is 17.6. The second kappa shape index (κ2) is 8.81. The Hall–Kier alpha value is -4.44. The third-order valence-electron chi connectivity index (χ3n) is 7.07. The van der Waals surface area contributed by atoms with E-state index in [0.717, 1.165) is 5.56 Å². The molecule has 1 unspecified atom stereocenters. The molecule has 4 heterocycles. The molecule has 1 atom stereocenters. The number of halogens is 1. The first kappa shape index (κ1) is 24.9. The molecule has 2 aromatic carbocycles. The number of nitrogens with zero attached hydrogens (tertiary/aromatic N) is 5. The van der Waals surface area contributed by atoms with E-state index in [1.54, 1.807) is 30.5 Å². The molecule has 0 saturated heterocycles. The number of hydrogen-bond acceptors (Lipinski definition) is 7. The molecule has 198 valence electrons. The molecule has 2 aromatic heterocycles. The fourth-order valence-electron chi connectivity index (χ4n) is 5.54. The molecule has 1 N–H and O–H groups in total. The van der Waals surface area contributed by atoms with Crippen molar-refractivity contribution < 1.29 is 19.1 Å². The van der Waals surface area contributed by atoms with Crippen molar-refractivity contribution in [3.05, 3.63) is 76.2 Å². The molecule has 2 aliphatic heterocycles. The standard InChI is InChI=1S/C28H25ClN6O4/c1-14(2)34-22-21(32-23(34)18-13-30-27(39-5)33-24(18)38-4)25(36)35(17-8-6-7-16(29)12-17)28(22)19-10-9-15(3)11-20(19)31-26(28)37/h6-14H,1-5H3,(H,31,37). The van der Waals surface area contributed by atoms with Gasteiger partial charge in [-0.2, -0.15) is 4.98 Å². The molecule has 1 spiro atoms. The molecule has 0 radical (unpaired) electrons. The number of hydrogen-bond donors (Lipinski definition) is 1. The van der Waals surface area contributed by atoms with Crippen molar-refractivity contribution in [2.75, 3.05) is 24.4 Å². The number of methoxy groups -OCH3 is 2. The smallest absolute Gasteiger partial charge is 0.319 e. The van der Waals surface area contributed by atoms with Crippen molar-refractivity contribution >= 4 is 34.8 Å². The SMILES string of the molecule is COc1ncc(-c2nc3c(n2C(C)C)C2(C(=O)Nc4cc(C)ccc42)N(c2cccc(Cl)c2)C3=O)c(OC)n1. The number of rotatable bonds is 5. The second-order valence-electron chi connectivity index (χ2n) is 9.71. The summed E-state index contributed by atoms with van der Waals surface area (Å²) >= 11 is 6.36. The summed E-state index contributed by atoms with van der Waals surface area (Å²) < 4.78 is 12.6. The van der Waals surface area contributed by atoms with Crippen LogP contribution in [0.15, 0.2) is 48.7 Å². The van der Waals surface area contributed by atoms with Crippen LogP contribution in [0.3, 0.4) is 0 Å². The third-order valence-corrected chi connectivity index (χ3v) is 7.30. The van der Waals surface area contributed by atoms with Crippen LogP contribution in [-0.2, 0) is 10.3 Å². The summed E-state index contributed by atoms with van der Waals surface area (Å²) in [5.74, 6) is -0.153. The van der Waals surface area contributed by atoms with Crippen LogP contribution < -0.4 is 19.7 Å². The van der Waals surface area contributed by atoms with E-state index in [1.165, 1.54) is 19.1 Å². The van der Waals surface area contributed by atoms with Crippen LogP contribution in [0.2, 0.25) is 5.02 Å². The first-order valence-corrected chi connectivity index (χ1v) is 12.7. The zero-order valence-electron chi connectivity index (χ0n) is 21.9. The molecule has 0 bridgehead atoms. The quantitative estimate of drug-likeness (QED) is 0.385. The van der Waals surface area contributed by atoms with Crippen LogP contribution in [0.4, 0.5) is 11.4 Å². The Bertz CT molecular complexity index is 1680. The van der Waals surface area contributed by atoms with E-state index < -0.39 is 11.4 Å². The lowest BCUT2D eigenvalue weighted by Gasteiger charge is -2.35. The molecule has 0 saturated carbocycles. The average Bonchev–Trinajstić information content (AvgIpc) is 3.52. The summed E-state index contributed by atoms with van der Waals surface area (Å²) in [6.07, 6.45) is 1.54. The number of aryl methyl sites for hydroxylation is 1. The summed E-state index contributed by atoms with van der Waals surface area (Å²) in [5, 5.41) is 3.47. The first-order chi connectivity index (χ1) is 18.7. The maximum atomic E-state index is 14.3. The highest BCUT2D eigenvalue weighted by Crippen LogP contribution is 2.54. The number of benzene rings is 2. The van der Waals surface area contributed by atoms with Crippen molar-refractivity contribution in [2.24, 2.45) is 0 Å². The maximum Gasteiger partial charge on any atom is 0.319 e. The number of nitrogens with one attached hydrogen (secondary N) is 1. The van der Waals surface area contributed by atoms with Gasteiger partial charge in [-0.25, -0.2) is 9.97 Å². The van der Waals surface area contributed by atoms with Gasteiger partial charge in [-0.05, 0) is 50.6 Å². The summed E-state index contributed by atoms with van der Waals surface area (Å²) in [6.45, 7) is 5.88. The Balaban J connectivity index is 1.71. The fraction of sp³-hybridized carbons (Fsp3) is 0.250. The number of imidazole rings is 1. The molecule has 6 rings (SSSR count). The zero-order valence-corrected chi connectivity index (χ0v) is 22.7. The van der Waals surface area contributed by atoms with Crippen LogP contribution in [0.1, 0.15) is 47.2 Å². The third kappa shape index (κ3) is 3.37. The Morgan fingerprint density at radius 2 is 1.85 bits per heavy atom. The van der Waals surface area contributed by atoms with Crippen LogP contribution in [0.25, 0.3) is 11.4 Å². The number of anilines is 2. The summed E-state index contributed by atoms with van der Waals surface area (Å²) in [5.41, 5.74) is 2.28. The van der Waals surface area contributed by atoms with Crippen LogP contribution >= 0.6 is 11.6 Å². The highest BCUT2D eigenvalue weighted by atomic mass is 35.5. The van der Waals surface area contributed by atoms with Gasteiger partial charge in [0.25, 0.3) is 11.8 Å². The maximum absolute atomic E-state index is 14.3. The minimum Gasteiger partial charge on any atom is -0.480 e. The number of ether oxygens (including phenoxy) is 2. The Labute approximate surface area is 229 Å². The van der Waals surface area contributed by atoms with Crippen molar-refractivity contribution in [3.8, 4) is 23.3 Å². The van der Waals surface area contributed by atoms with Crippen molar-refractivity contribution in [3.63, 3.8) is 0 Å². The van der Waals surface area contributed by atoms with Crippen LogP contribution in [-0.4, -0.2) is 45.6 Å². The molecule has 10 nitrogen and oxygen atoms in total. The number of amides is 2. The first-order valence-electron chi connectivity index (χ1n) is 12.3. The van der Waals surface area contributed by atoms with Crippen LogP contribution in [0, 0.1) is 6.92 Å². The predicted octanol–water partition coefficient (Wildman–Crippen LogP) is 4.76. The van der Waals surface area contributed by atoms with Gasteiger partial charge in [0, 0.05) is 34.2 Å². The Morgan fingerprint density at radius 3 is 2.54 bits per heavy atom.